The van der Waals surface area contributed by atoms with Crippen molar-refractivity contribution in [2.45, 2.75) is 0 Å². The third kappa shape index (κ3) is 77.1. The summed E-state index contributed by atoms with van der Waals surface area (Å²) in [5.41, 5.74) is 0. The minimum atomic E-state index is 0. The zero-order valence-corrected chi connectivity index (χ0v) is 3.48. The van der Waals surface area contributed by atoms with Crippen LogP contribution in [0, 0.1) is 10.7 Å². The van der Waals surface area contributed by atoms with E-state index in [1.54, 1.807) is 0 Å². The molecule has 0 rings (SSSR count). The van der Waals surface area contributed by atoms with E-state index >= 15 is 0 Å². The second-order valence-electron chi connectivity index (χ2n) is 0.0913. The van der Waals surface area contributed by atoms with Gasteiger partial charge < -0.3 is 12.6 Å². The van der Waals surface area contributed by atoms with Crippen LogP contribution in [-0.4, -0.2) is 0 Å². The zero-order valence-electron chi connectivity index (χ0n) is 1.67. The molecule has 0 aliphatic carbocycles. The van der Waals surface area contributed by atoms with Crippen molar-refractivity contribution < 1.29 is 16.5 Å². The van der Waals surface area contributed by atoms with Gasteiger partial charge in [0.1, 0.15) is 0 Å². The molecule has 0 aliphatic heterocycles. The number of nitrogens with zero attached hydrogens (tertiary/aromatic N) is 1. The van der Waals surface area contributed by atoms with Gasteiger partial charge in [-0.3, -0.25) is 0 Å². The first-order chi connectivity index (χ1) is 1.41. The van der Waals surface area contributed by atoms with Crippen molar-refractivity contribution in [2.24, 2.45) is 0 Å². The molecule has 0 saturated carbocycles. The molecule has 0 spiro atoms. The Morgan fingerprint density at radius 2 is 1.75 bits per heavy atom. The fourth-order valence-corrected chi connectivity index (χ4v) is 0. The van der Waals surface area contributed by atoms with Crippen LogP contribution in [0.4, 0.5) is 0 Å². The molecule has 4 heavy (non-hydrogen) atoms. The van der Waals surface area contributed by atoms with Gasteiger partial charge in [-0.15, -0.1) is 0 Å². The molecular weight excluding hydrogens is 117 g/mol. The van der Waals surface area contributed by atoms with Crippen LogP contribution in [0.1, 0.15) is 0 Å². The van der Waals surface area contributed by atoms with Gasteiger partial charge in [0.2, 0.25) is 0 Å². The summed E-state index contributed by atoms with van der Waals surface area (Å²) < 4.78 is 0. The van der Waals surface area contributed by atoms with Crippen LogP contribution in [-0.2, 0) is 29.1 Å². The van der Waals surface area contributed by atoms with E-state index < -0.39 is 0 Å². The summed E-state index contributed by atoms with van der Waals surface area (Å²) in [4.78, 5) is 0. The van der Waals surface area contributed by atoms with Crippen molar-refractivity contribution in [2.75, 3.05) is 0 Å². The fourth-order valence-electron chi connectivity index (χ4n) is 0. The summed E-state index contributed by atoms with van der Waals surface area (Å²) in [7, 11) is 0. The van der Waals surface area contributed by atoms with Crippen LogP contribution in [0.15, 0.2) is 0 Å². The molecule has 0 aliphatic rings. The van der Waals surface area contributed by atoms with E-state index in [0.717, 1.165) is 0 Å². The molecule has 0 unspecified atom stereocenters. The van der Waals surface area contributed by atoms with E-state index in [9.17, 15) is 0 Å². The minimum Gasteiger partial charge on any atom is -0.696 e. The molecule has 0 amide bonds. The normalized spacial score (nSPS) is 1.75. The topological polar surface area (TPSA) is 23.8 Å². The Bertz CT molecular complexity index is 29.5. The third-order valence-corrected chi connectivity index (χ3v) is 0. The third-order valence-electron chi connectivity index (χ3n) is 0. The summed E-state index contributed by atoms with van der Waals surface area (Å²) in [5, 5.41) is 8.47. The zero-order chi connectivity index (χ0) is 2.71. The van der Waals surface area contributed by atoms with Gasteiger partial charge >= 0.3 is 0 Å². The molecule has 1 nitrogen and oxygen atoms in total. The fraction of sp³-hybridized carbons (Fsp3) is 0. The number of rotatable bonds is 0. The number of hydrogen-bond donors (Lipinski definition) is 0. The molecule has 0 bridgehead atoms. The minimum absolute atomic E-state index is 0. The van der Waals surface area contributed by atoms with Crippen LogP contribution in [0.25, 0.3) is 0 Å². The molecule has 0 aromatic rings. The van der Waals surface area contributed by atoms with E-state index in [0.29, 0.717) is 0 Å². The Kier molecular flexibility index (Phi) is 23.9. The Morgan fingerprint density at radius 3 is 1.75 bits per heavy atom. The summed E-state index contributed by atoms with van der Waals surface area (Å²) in [5.74, 6) is 0. The van der Waals surface area contributed by atoms with Crippen LogP contribution in [0.3, 0.4) is 0 Å². The van der Waals surface area contributed by atoms with E-state index in [1.807, 2.05) is 0 Å². The molecule has 0 fully saturated rings. The SMILES string of the molecule is N#C[S-].[Ni]. The van der Waals surface area contributed by atoms with Gasteiger partial charge in [0, 0.05) is 16.5 Å². The van der Waals surface area contributed by atoms with Gasteiger partial charge in [-0.05, 0) is 0 Å². The average Bonchev–Trinajstić information content (AvgIpc) is 0.918. The predicted octanol–water partition coefficient (Wildman–Crippen LogP) is 0.0119. The van der Waals surface area contributed by atoms with Crippen LogP contribution < -0.4 is 0 Å². The average molecular weight is 117 g/mol. The van der Waals surface area contributed by atoms with Gasteiger partial charge in [0.05, 0.1) is 0 Å². The molecule has 3 heteroatoms. The van der Waals surface area contributed by atoms with Crippen molar-refractivity contribution in [1.29, 1.82) is 5.26 Å². The standard InChI is InChI=1S/CHNS.Ni/c2-1-3;/h3H;/p-1. The summed E-state index contributed by atoms with van der Waals surface area (Å²) in [6.45, 7) is 0. The number of nitriles is 1. The van der Waals surface area contributed by atoms with Crippen molar-refractivity contribution in [3.8, 4) is 5.40 Å². The van der Waals surface area contributed by atoms with Gasteiger partial charge in [-0.2, -0.15) is 0 Å². The molecule has 26 valence electrons. The van der Waals surface area contributed by atoms with Crippen molar-refractivity contribution in [3.63, 3.8) is 0 Å². The predicted molar refractivity (Wildman–Crippen MR) is 13.0 cm³/mol. The Hall–Kier alpha value is 0.204. The maximum Gasteiger partial charge on any atom is 0 e. The van der Waals surface area contributed by atoms with Crippen LogP contribution in [0.5, 0.6) is 0 Å². The quantitative estimate of drug-likeness (QED) is 0.253. The first-order valence-electron chi connectivity index (χ1n) is 0.428. The molecule has 0 saturated heterocycles. The molecule has 0 heterocycles. The summed E-state index contributed by atoms with van der Waals surface area (Å²) >= 11 is 3.70. The smallest absolute Gasteiger partial charge is 0 e. The Morgan fingerprint density at radius 1 is 1.75 bits per heavy atom. The molecule has 0 aromatic heterocycles. The second kappa shape index (κ2) is 10.7. The maximum absolute atomic E-state index is 7.13. The van der Waals surface area contributed by atoms with E-state index in [1.165, 1.54) is 5.40 Å². The molecule has 0 N–H and O–H groups in total. The first kappa shape index (κ1) is 8.88. The summed E-state index contributed by atoms with van der Waals surface area (Å²) in [6, 6.07) is 0. The molecule has 0 aromatic carbocycles. The molecule has 0 radical (unpaired) electrons. The van der Waals surface area contributed by atoms with Crippen molar-refractivity contribution in [1.82, 2.24) is 0 Å². The Balaban J connectivity index is 0. The van der Waals surface area contributed by atoms with Gasteiger partial charge in [-0.1, -0.05) is 5.40 Å². The van der Waals surface area contributed by atoms with Gasteiger partial charge in [-0.25, -0.2) is 5.26 Å². The van der Waals surface area contributed by atoms with E-state index in [-0.39, 0.29) is 16.5 Å². The Labute approximate surface area is 40.3 Å². The maximum atomic E-state index is 7.13. The monoisotopic (exact) mass is 116 g/mol. The molecule has 0 atom stereocenters. The number of thiocyanates is 1. The second-order valence-corrected chi connectivity index (χ2v) is 0.274. The first-order valence-corrected chi connectivity index (χ1v) is 0.836. The van der Waals surface area contributed by atoms with E-state index in [2.05, 4.69) is 12.6 Å². The largest absolute Gasteiger partial charge is 0.696 e. The molecular formula is CNNiS-. The van der Waals surface area contributed by atoms with Crippen LogP contribution >= 0.6 is 0 Å². The van der Waals surface area contributed by atoms with Crippen molar-refractivity contribution >= 4 is 12.6 Å². The van der Waals surface area contributed by atoms with Gasteiger partial charge in [0.25, 0.3) is 0 Å². The van der Waals surface area contributed by atoms with Gasteiger partial charge in [0.15, 0.2) is 0 Å². The number of hydrogen-bond acceptors (Lipinski definition) is 2. The van der Waals surface area contributed by atoms with Crippen LogP contribution in [0.2, 0.25) is 0 Å². The summed E-state index contributed by atoms with van der Waals surface area (Å²) in [6.07, 6.45) is 0. The van der Waals surface area contributed by atoms with Crippen molar-refractivity contribution in [3.05, 3.63) is 0 Å². The van der Waals surface area contributed by atoms with E-state index in [4.69, 9.17) is 5.26 Å².